The largest absolute Gasteiger partial charge is 0.393 e. The van der Waals surface area contributed by atoms with Crippen LogP contribution >= 0.6 is 0 Å². The number of nitrogen functional groups attached to an aromatic ring is 1. The van der Waals surface area contributed by atoms with Crippen LogP contribution in [0.4, 0.5) is 23.1 Å². The first-order valence-electron chi connectivity index (χ1n) is 8.50. The summed E-state index contributed by atoms with van der Waals surface area (Å²) in [7, 11) is 0. The van der Waals surface area contributed by atoms with Gasteiger partial charge in [0.1, 0.15) is 17.8 Å². The smallest absolute Gasteiger partial charge is 0.160 e. The van der Waals surface area contributed by atoms with E-state index in [1.165, 1.54) is 38.7 Å². The lowest BCUT2D eigenvalue weighted by Crippen LogP contribution is -2.33. The number of piperidine rings is 1. The number of pyridine rings is 1. The highest BCUT2D eigenvalue weighted by molar-refractivity contribution is 5.76. The molecule has 1 saturated heterocycles. The molecule has 0 aromatic carbocycles. The minimum atomic E-state index is 0.513. The van der Waals surface area contributed by atoms with E-state index < -0.39 is 0 Å². The van der Waals surface area contributed by atoms with Crippen molar-refractivity contribution in [3.8, 4) is 0 Å². The molecule has 0 saturated carbocycles. The molecule has 4 N–H and O–H groups in total. The molecular weight excluding hydrogens is 302 g/mol. The third-order valence-electron chi connectivity index (χ3n) is 4.19. The van der Waals surface area contributed by atoms with E-state index in [0.717, 1.165) is 24.6 Å². The second-order valence-electron chi connectivity index (χ2n) is 6.10. The first-order valence-corrected chi connectivity index (χ1v) is 8.50. The van der Waals surface area contributed by atoms with Gasteiger partial charge in [-0.2, -0.15) is 0 Å². The van der Waals surface area contributed by atoms with E-state index in [-0.39, 0.29) is 0 Å². The van der Waals surface area contributed by atoms with Crippen molar-refractivity contribution < 1.29 is 0 Å². The Kier molecular flexibility index (Phi) is 5.43. The summed E-state index contributed by atoms with van der Waals surface area (Å²) in [5.74, 6) is 1.96. The van der Waals surface area contributed by atoms with Crippen LogP contribution in [0.2, 0.25) is 0 Å². The molecule has 0 radical (unpaired) electrons. The van der Waals surface area contributed by atoms with Gasteiger partial charge in [-0.15, -0.1) is 0 Å². The minimum Gasteiger partial charge on any atom is -0.393 e. The van der Waals surface area contributed by atoms with E-state index in [2.05, 4.69) is 30.5 Å². The lowest BCUT2D eigenvalue weighted by Gasteiger charge is -2.26. The summed E-state index contributed by atoms with van der Waals surface area (Å²) in [6.07, 6.45) is 5.46. The Bertz CT molecular complexity index is 668. The second kappa shape index (κ2) is 7.92. The van der Waals surface area contributed by atoms with Crippen LogP contribution < -0.4 is 16.4 Å². The minimum absolute atomic E-state index is 0.513. The molecule has 7 heteroatoms. The van der Waals surface area contributed by atoms with Crippen LogP contribution in [0.5, 0.6) is 0 Å². The Morgan fingerprint density at radius 3 is 2.71 bits per heavy atom. The van der Waals surface area contributed by atoms with Crippen molar-refractivity contribution in [1.82, 2.24) is 19.9 Å². The number of aromatic nitrogens is 3. The molecular formula is C17H25N7. The Balaban J connectivity index is 1.60. The number of hydrogen-bond acceptors (Lipinski definition) is 7. The van der Waals surface area contributed by atoms with Crippen molar-refractivity contribution >= 4 is 23.1 Å². The first kappa shape index (κ1) is 16.4. The van der Waals surface area contributed by atoms with Crippen molar-refractivity contribution in [3.05, 3.63) is 30.2 Å². The number of aryl methyl sites for hydroxylation is 1. The average Bonchev–Trinajstić information content (AvgIpc) is 2.59. The zero-order valence-corrected chi connectivity index (χ0v) is 14.1. The van der Waals surface area contributed by atoms with Crippen LogP contribution in [0.1, 0.15) is 25.0 Å². The Morgan fingerprint density at radius 1 is 1.12 bits per heavy atom. The third-order valence-corrected chi connectivity index (χ3v) is 4.19. The average molecular weight is 327 g/mol. The van der Waals surface area contributed by atoms with E-state index in [9.17, 15) is 0 Å². The van der Waals surface area contributed by atoms with Gasteiger partial charge in [0.2, 0.25) is 0 Å². The number of likely N-dealkylation sites (tertiary alicyclic amines) is 1. The highest BCUT2D eigenvalue weighted by Gasteiger charge is 2.11. The molecule has 0 aliphatic carbocycles. The predicted molar refractivity (Wildman–Crippen MR) is 97.5 cm³/mol. The number of anilines is 4. The van der Waals surface area contributed by atoms with Crippen molar-refractivity contribution in [2.45, 2.75) is 26.2 Å². The quantitative estimate of drug-likeness (QED) is 0.750. The number of rotatable bonds is 6. The molecule has 3 heterocycles. The van der Waals surface area contributed by atoms with Gasteiger partial charge < -0.3 is 21.3 Å². The summed E-state index contributed by atoms with van der Waals surface area (Å²) < 4.78 is 0. The van der Waals surface area contributed by atoms with Gasteiger partial charge in [-0.3, -0.25) is 0 Å². The summed E-state index contributed by atoms with van der Waals surface area (Å²) in [4.78, 5) is 15.4. The first-order chi connectivity index (χ1) is 11.7. The van der Waals surface area contributed by atoms with Crippen LogP contribution in [0.15, 0.2) is 24.5 Å². The molecule has 1 aliphatic rings. The van der Waals surface area contributed by atoms with Gasteiger partial charge in [-0.25, -0.2) is 15.0 Å². The van der Waals surface area contributed by atoms with Crippen LogP contribution in [0.3, 0.4) is 0 Å². The summed E-state index contributed by atoms with van der Waals surface area (Å²) in [5.41, 5.74) is 7.65. The highest BCUT2D eigenvalue weighted by Crippen LogP contribution is 2.24. The lowest BCUT2D eigenvalue weighted by atomic mass is 10.1. The van der Waals surface area contributed by atoms with Crippen LogP contribution in [-0.2, 0) is 0 Å². The maximum atomic E-state index is 6.20. The Hall–Kier alpha value is -2.41. The van der Waals surface area contributed by atoms with Crippen molar-refractivity contribution in [2.24, 2.45) is 0 Å². The number of hydrogen-bond donors (Lipinski definition) is 3. The second-order valence-corrected chi connectivity index (χ2v) is 6.10. The van der Waals surface area contributed by atoms with Gasteiger partial charge in [0, 0.05) is 18.8 Å². The van der Waals surface area contributed by atoms with Crippen LogP contribution in [0, 0.1) is 6.92 Å². The van der Waals surface area contributed by atoms with Gasteiger partial charge in [-0.1, -0.05) is 12.5 Å². The lowest BCUT2D eigenvalue weighted by molar-refractivity contribution is 0.237. The van der Waals surface area contributed by atoms with E-state index in [4.69, 9.17) is 5.73 Å². The standard InChI is InChI=1S/C17H25N7/c1-13-6-5-7-14(22-13)23-17-15(18)16(20-12-21-17)19-8-11-24-9-3-2-4-10-24/h5-7,12H,2-4,8-11,18H2,1H3,(H2,19,20,21,22,23). The normalized spacial score (nSPS) is 15.2. The maximum Gasteiger partial charge on any atom is 0.160 e. The molecule has 0 spiro atoms. The van der Waals surface area contributed by atoms with Gasteiger partial charge in [0.25, 0.3) is 0 Å². The van der Waals surface area contributed by atoms with Gasteiger partial charge in [0.15, 0.2) is 11.6 Å². The molecule has 2 aromatic heterocycles. The molecule has 0 unspecified atom stereocenters. The zero-order valence-electron chi connectivity index (χ0n) is 14.1. The fourth-order valence-corrected chi connectivity index (χ4v) is 2.89. The Morgan fingerprint density at radius 2 is 1.92 bits per heavy atom. The summed E-state index contributed by atoms with van der Waals surface area (Å²) in [6.45, 7) is 6.15. The van der Waals surface area contributed by atoms with Gasteiger partial charge >= 0.3 is 0 Å². The fourth-order valence-electron chi connectivity index (χ4n) is 2.89. The van der Waals surface area contributed by atoms with Crippen molar-refractivity contribution in [1.29, 1.82) is 0 Å². The molecule has 0 amide bonds. The monoisotopic (exact) mass is 327 g/mol. The number of nitrogens with one attached hydrogen (secondary N) is 2. The number of nitrogens with two attached hydrogens (primary N) is 1. The molecule has 1 aliphatic heterocycles. The topological polar surface area (TPSA) is 92.0 Å². The fraction of sp³-hybridized carbons (Fsp3) is 0.471. The maximum absolute atomic E-state index is 6.20. The summed E-state index contributed by atoms with van der Waals surface area (Å²) in [6, 6.07) is 5.78. The summed E-state index contributed by atoms with van der Waals surface area (Å²) >= 11 is 0. The van der Waals surface area contributed by atoms with Crippen LogP contribution in [-0.4, -0.2) is 46.0 Å². The molecule has 24 heavy (non-hydrogen) atoms. The van der Waals surface area contributed by atoms with E-state index in [0.29, 0.717) is 17.3 Å². The molecule has 2 aromatic rings. The summed E-state index contributed by atoms with van der Waals surface area (Å²) in [5, 5.41) is 6.48. The van der Waals surface area contributed by atoms with Crippen molar-refractivity contribution in [3.63, 3.8) is 0 Å². The Labute approximate surface area is 142 Å². The van der Waals surface area contributed by atoms with E-state index in [1.807, 2.05) is 25.1 Å². The zero-order chi connectivity index (χ0) is 16.8. The highest BCUT2D eigenvalue weighted by atomic mass is 15.2. The number of nitrogens with zero attached hydrogens (tertiary/aromatic N) is 4. The van der Waals surface area contributed by atoms with Gasteiger partial charge in [-0.05, 0) is 45.0 Å². The molecule has 0 atom stereocenters. The third kappa shape index (κ3) is 4.32. The van der Waals surface area contributed by atoms with E-state index in [1.54, 1.807) is 0 Å². The SMILES string of the molecule is Cc1cccc(Nc2ncnc(NCCN3CCCCC3)c2N)n1. The van der Waals surface area contributed by atoms with Crippen LogP contribution in [0.25, 0.3) is 0 Å². The molecule has 3 rings (SSSR count). The molecule has 1 fully saturated rings. The van der Waals surface area contributed by atoms with Gasteiger partial charge in [0.05, 0.1) is 0 Å². The predicted octanol–water partition coefficient (Wildman–Crippen LogP) is 2.40. The van der Waals surface area contributed by atoms with Crippen molar-refractivity contribution in [2.75, 3.05) is 42.5 Å². The molecule has 7 nitrogen and oxygen atoms in total. The molecule has 128 valence electrons. The molecule has 0 bridgehead atoms. The van der Waals surface area contributed by atoms with E-state index >= 15 is 0 Å².